The van der Waals surface area contributed by atoms with Crippen molar-refractivity contribution >= 4 is 8.60 Å². The van der Waals surface area contributed by atoms with Crippen LogP contribution in [0.5, 0.6) is 0 Å². The first kappa shape index (κ1) is 26.4. The van der Waals surface area contributed by atoms with Crippen molar-refractivity contribution in [3.63, 3.8) is 0 Å². The summed E-state index contributed by atoms with van der Waals surface area (Å²) in [5, 5.41) is 0. The molecule has 7 nitrogen and oxygen atoms in total. The fraction of sp³-hybridized carbons (Fsp3) is 0.280. The van der Waals surface area contributed by atoms with E-state index >= 15 is 0 Å². The van der Waals surface area contributed by atoms with E-state index in [9.17, 15) is 9.79 Å². The number of imidazole rings is 2. The number of benzene rings is 2. The van der Waals surface area contributed by atoms with Crippen LogP contribution in [0.3, 0.4) is 0 Å². The minimum absolute atomic E-state index is 0.952. The quantitative estimate of drug-likeness (QED) is 0.332. The summed E-state index contributed by atoms with van der Waals surface area (Å²) >= 11 is 0. The molecule has 0 atom stereocenters. The Morgan fingerprint density at radius 2 is 1.06 bits per heavy atom. The molecule has 2 aromatic carbocycles. The van der Waals surface area contributed by atoms with Crippen LogP contribution < -0.4 is 18.9 Å². The average Bonchev–Trinajstić information content (AvgIpc) is 3.32. The van der Waals surface area contributed by atoms with Crippen LogP contribution in [0.15, 0.2) is 85.5 Å². The second kappa shape index (κ2) is 13.7. The Bertz CT molecular complexity index is 996. The van der Waals surface area contributed by atoms with Crippen molar-refractivity contribution in [2.75, 3.05) is 7.11 Å². The molecule has 33 heavy (non-hydrogen) atoms. The molecule has 0 radical (unpaired) electrons. The Kier molecular flexibility index (Phi) is 10.9. The van der Waals surface area contributed by atoms with Crippen molar-refractivity contribution in [1.82, 2.24) is 9.13 Å². The number of aromatic nitrogens is 4. The van der Waals surface area contributed by atoms with Crippen molar-refractivity contribution in [2.45, 2.75) is 26.9 Å². The maximum absolute atomic E-state index is 9.18. The van der Waals surface area contributed by atoms with Gasteiger partial charge in [-0.1, -0.05) is 60.7 Å². The molecule has 0 unspecified atom stereocenters. The summed E-state index contributed by atoms with van der Waals surface area (Å²) in [6.07, 6.45) is 8.39. The highest BCUT2D eigenvalue weighted by Crippen LogP contribution is 2.07. The number of aryl methyl sites for hydroxylation is 2. The van der Waals surface area contributed by atoms with E-state index in [1.54, 1.807) is 0 Å². The Hall–Kier alpha value is -2.83. The summed E-state index contributed by atoms with van der Waals surface area (Å²) in [7, 11) is 2.64. The Morgan fingerprint density at radius 3 is 1.30 bits per heavy atom. The van der Waals surface area contributed by atoms with Gasteiger partial charge in [0.15, 0.2) is 0 Å². The van der Waals surface area contributed by atoms with Gasteiger partial charge in [0.25, 0.3) is 11.6 Å². The standard InChI is InChI=1S/2C12H15N2.CH3O3P/c2*1-11-13(2)8-9-14(11)10-12-6-4-3-5-7-12;1-4-5(2)3/h2*3-9H,10H2,1-2H3;1H3/q2*+1;-2. The SMILES string of the molecule is COP([O-])[O-].Cc1n(Cc2ccccc2)cc[n+]1C.Cc1n(Cc2ccccc2)cc[n+]1C. The molecule has 0 spiro atoms. The first-order valence-electron chi connectivity index (χ1n) is 10.6. The van der Waals surface area contributed by atoms with Crippen LogP contribution in [-0.2, 0) is 31.7 Å². The van der Waals surface area contributed by atoms with Gasteiger partial charge in [-0.05, 0) is 11.1 Å². The number of nitrogens with zero attached hydrogens (tertiary/aromatic N) is 4. The van der Waals surface area contributed by atoms with Gasteiger partial charge in [-0.3, -0.25) is 0 Å². The van der Waals surface area contributed by atoms with Gasteiger partial charge in [0.1, 0.15) is 37.9 Å². The van der Waals surface area contributed by atoms with Crippen molar-refractivity contribution in [3.05, 3.63) is 108 Å². The summed E-state index contributed by atoms with van der Waals surface area (Å²) in [6, 6.07) is 21.0. The summed E-state index contributed by atoms with van der Waals surface area (Å²) < 4.78 is 12.5. The zero-order valence-electron chi connectivity index (χ0n) is 20.0. The first-order valence-corrected chi connectivity index (χ1v) is 11.7. The lowest BCUT2D eigenvalue weighted by Gasteiger charge is -2.25. The Labute approximate surface area is 197 Å². The van der Waals surface area contributed by atoms with Crippen LogP contribution in [0.1, 0.15) is 22.8 Å². The fourth-order valence-corrected chi connectivity index (χ4v) is 3.09. The van der Waals surface area contributed by atoms with Gasteiger partial charge < -0.3 is 14.3 Å². The average molecular weight is 469 g/mol. The third-order valence-electron chi connectivity index (χ3n) is 5.33. The molecule has 0 bridgehead atoms. The van der Waals surface area contributed by atoms with Crippen molar-refractivity contribution < 1.29 is 23.4 Å². The van der Waals surface area contributed by atoms with Gasteiger partial charge in [0.05, 0.1) is 14.1 Å². The van der Waals surface area contributed by atoms with E-state index < -0.39 is 8.60 Å². The van der Waals surface area contributed by atoms with Crippen molar-refractivity contribution in [3.8, 4) is 0 Å². The molecule has 0 aliphatic heterocycles. The van der Waals surface area contributed by atoms with E-state index in [4.69, 9.17) is 0 Å². The van der Waals surface area contributed by atoms with Gasteiger partial charge in [-0.2, -0.15) is 8.60 Å². The molecule has 0 amide bonds. The molecule has 0 aliphatic rings. The monoisotopic (exact) mass is 468 g/mol. The van der Waals surface area contributed by atoms with Gasteiger partial charge in [-0.15, -0.1) is 0 Å². The largest absolute Gasteiger partial charge is 0.820 e. The lowest BCUT2D eigenvalue weighted by Crippen LogP contribution is -2.29. The van der Waals surface area contributed by atoms with Gasteiger partial charge in [0, 0.05) is 21.0 Å². The molecule has 4 aromatic rings. The van der Waals surface area contributed by atoms with Gasteiger partial charge in [-0.25, -0.2) is 18.3 Å². The van der Waals surface area contributed by atoms with Crippen LogP contribution in [0.4, 0.5) is 0 Å². The van der Waals surface area contributed by atoms with E-state index in [0.717, 1.165) is 20.2 Å². The third-order valence-corrected chi connectivity index (χ3v) is 5.63. The highest BCUT2D eigenvalue weighted by molar-refractivity contribution is 7.36. The van der Waals surface area contributed by atoms with Crippen LogP contribution in [-0.4, -0.2) is 16.2 Å². The van der Waals surface area contributed by atoms with Crippen LogP contribution in [0, 0.1) is 13.8 Å². The molecule has 0 aliphatic carbocycles. The number of rotatable bonds is 5. The second-order valence-electron chi connectivity index (χ2n) is 7.55. The normalized spacial score (nSPS) is 10.3. The van der Waals surface area contributed by atoms with E-state index in [-0.39, 0.29) is 0 Å². The molecular weight excluding hydrogens is 435 g/mol. The van der Waals surface area contributed by atoms with Crippen LogP contribution in [0.2, 0.25) is 0 Å². The van der Waals surface area contributed by atoms with Crippen molar-refractivity contribution in [1.29, 1.82) is 0 Å². The lowest BCUT2D eigenvalue weighted by molar-refractivity contribution is -0.677. The summed E-state index contributed by atoms with van der Waals surface area (Å²) in [4.78, 5) is 18.4. The van der Waals surface area contributed by atoms with E-state index in [1.807, 2.05) is 12.1 Å². The van der Waals surface area contributed by atoms with Crippen LogP contribution >= 0.6 is 8.60 Å². The minimum Gasteiger partial charge on any atom is -0.820 e. The minimum atomic E-state index is -2.60. The highest BCUT2D eigenvalue weighted by atomic mass is 31.2. The summed E-state index contributed by atoms with van der Waals surface area (Å²) in [5.41, 5.74) is 2.68. The molecule has 0 N–H and O–H groups in total. The topological polar surface area (TPSA) is 73.0 Å². The predicted molar refractivity (Wildman–Crippen MR) is 126 cm³/mol. The first-order chi connectivity index (χ1) is 15.8. The lowest BCUT2D eigenvalue weighted by atomic mass is 10.2. The molecule has 0 saturated heterocycles. The van der Waals surface area contributed by atoms with E-state index in [1.165, 1.54) is 22.8 Å². The van der Waals surface area contributed by atoms with Gasteiger partial charge in [0.2, 0.25) is 0 Å². The molecule has 4 rings (SSSR count). The zero-order valence-corrected chi connectivity index (χ0v) is 20.9. The van der Waals surface area contributed by atoms with E-state index in [0.29, 0.717) is 0 Å². The Morgan fingerprint density at radius 1 is 0.727 bits per heavy atom. The molecule has 2 heterocycles. The molecule has 2 aromatic heterocycles. The molecule has 0 fully saturated rings. The molecule has 176 valence electrons. The molecule has 0 saturated carbocycles. The zero-order chi connectivity index (χ0) is 24.2. The number of hydrogen-bond donors (Lipinski definition) is 0. The van der Waals surface area contributed by atoms with E-state index in [2.05, 4.69) is 124 Å². The summed E-state index contributed by atoms with van der Waals surface area (Å²) in [6.45, 7) is 6.16. The van der Waals surface area contributed by atoms with Crippen molar-refractivity contribution in [2.24, 2.45) is 14.1 Å². The number of hydrogen-bond acceptors (Lipinski definition) is 3. The smallest absolute Gasteiger partial charge is 0.253 e. The van der Waals surface area contributed by atoms with Gasteiger partial charge >= 0.3 is 0 Å². The maximum atomic E-state index is 9.18. The maximum Gasteiger partial charge on any atom is 0.253 e. The van der Waals surface area contributed by atoms with Crippen LogP contribution in [0.25, 0.3) is 0 Å². The Balaban J connectivity index is 0.000000195. The molecular formula is C25H33N4O3P. The second-order valence-corrected chi connectivity index (χ2v) is 8.36. The third kappa shape index (κ3) is 8.91. The predicted octanol–water partition coefficient (Wildman–Crippen LogP) is 1.92. The fourth-order valence-electron chi connectivity index (χ4n) is 3.09. The molecule has 8 heteroatoms. The highest BCUT2D eigenvalue weighted by Gasteiger charge is 2.09. The summed E-state index contributed by atoms with van der Waals surface area (Å²) in [5.74, 6) is 2.54.